The number of rotatable bonds is 5. The van der Waals surface area contributed by atoms with Crippen molar-refractivity contribution in [2.75, 3.05) is 30.0 Å². The molecule has 3 aromatic rings. The van der Waals surface area contributed by atoms with Crippen LogP contribution in [0.3, 0.4) is 0 Å². The van der Waals surface area contributed by atoms with Gasteiger partial charge in [0.05, 0.1) is 44.0 Å². The van der Waals surface area contributed by atoms with E-state index in [9.17, 15) is 5.11 Å². The van der Waals surface area contributed by atoms with Gasteiger partial charge in [0.1, 0.15) is 17.5 Å². The first-order valence-electron chi connectivity index (χ1n) is 9.33. The maximum absolute atomic E-state index is 10.2. The van der Waals surface area contributed by atoms with Gasteiger partial charge in [0, 0.05) is 30.8 Å². The number of anilines is 3. The SMILES string of the molecule is Cc1cnn(C)c1-c1cc(N2CCOCC2C)nc(Nc2ccn[nH]2)c1CO. The minimum absolute atomic E-state index is 0.150. The number of hydrogen-bond acceptors (Lipinski definition) is 7. The van der Waals surface area contributed by atoms with Gasteiger partial charge in [-0.05, 0) is 25.5 Å². The molecule has 1 saturated heterocycles. The van der Waals surface area contributed by atoms with Gasteiger partial charge in [0.25, 0.3) is 0 Å². The number of aliphatic hydroxyl groups excluding tert-OH is 1. The number of aromatic amines is 1. The van der Waals surface area contributed by atoms with Crippen molar-refractivity contribution in [2.24, 2.45) is 7.05 Å². The number of nitrogens with one attached hydrogen (secondary N) is 2. The van der Waals surface area contributed by atoms with Gasteiger partial charge in [-0.3, -0.25) is 9.78 Å². The summed E-state index contributed by atoms with van der Waals surface area (Å²) in [6.45, 7) is 6.08. The molecule has 1 aliphatic rings. The van der Waals surface area contributed by atoms with Gasteiger partial charge in [0.15, 0.2) is 0 Å². The molecule has 1 aliphatic heterocycles. The molecule has 0 aliphatic carbocycles. The van der Waals surface area contributed by atoms with Crippen molar-refractivity contribution in [1.29, 1.82) is 0 Å². The highest BCUT2D eigenvalue weighted by Gasteiger charge is 2.25. The standard InChI is InChI=1S/C19H25N7O2/c1-12-9-21-25(3)18(12)14-8-17(26-6-7-28-11-13(26)2)23-19(15(14)10-27)22-16-4-5-20-24-16/h4-5,8-9,13,27H,6-7,10-11H2,1-3H3,(H2,20,22,23,24). The molecule has 0 bridgehead atoms. The molecular formula is C19H25N7O2. The fourth-order valence-electron chi connectivity index (χ4n) is 3.63. The van der Waals surface area contributed by atoms with E-state index in [1.165, 1.54) is 0 Å². The fraction of sp³-hybridized carbons (Fsp3) is 0.421. The first kappa shape index (κ1) is 18.5. The van der Waals surface area contributed by atoms with Crippen molar-refractivity contribution in [1.82, 2.24) is 25.0 Å². The second kappa shape index (κ2) is 7.61. The highest BCUT2D eigenvalue weighted by molar-refractivity contribution is 5.77. The summed E-state index contributed by atoms with van der Waals surface area (Å²) < 4.78 is 7.41. The topological polar surface area (TPSA) is 104 Å². The number of pyridine rings is 1. The maximum Gasteiger partial charge on any atom is 0.140 e. The Hall–Kier alpha value is -2.91. The Kier molecular flexibility index (Phi) is 5.01. The predicted molar refractivity (Wildman–Crippen MR) is 107 cm³/mol. The Morgan fingerprint density at radius 1 is 1.43 bits per heavy atom. The molecule has 0 aromatic carbocycles. The Balaban J connectivity index is 1.89. The van der Waals surface area contributed by atoms with Crippen LogP contribution in [0.5, 0.6) is 0 Å². The number of aryl methyl sites for hydroxylation is 2. The predicted octanol–water partition coefficient (Wildman–Crippen LogP) is 1.97. The normalized spacial score (nSPS) is 17.1. The van der Waals surface area contributed by atoms with E-state index in [0.29, 0.717) is 30.4 Å². The van der Waals surface area contributed by atoms with Crippen LogP contribution in [0.2, 0.25) is 0 Å². The molecule has 0 amide bonds. The van der Waals surface area contributed by atoms with Crippen LogP contribution in [0, 0.1) is 6.92 Å². The number of nitrogens with zero attached hydrogens (tertiary/aromatic N) is 5. The van der Waals surface area contributed by atoms with Crippen LogP contribution in [0.15, 0.2) is 24.5 Å². The molecule has 0 spiro atoms. The Morgan fingerprint density at radius 3 is 2.93 bits per heavy atom. The average molecular weight is 383 g/mol. The van der Waals surface area contributed by atoms with E-state index in [1.54, 1.807) is 6.20 Å². The Bertz CT molecular complexity index is 932. The monoisotopic (exact) mass is 383 g/mol. The average Bonchev–Trinajstić information content (AvgIpc) is 3.31. The lowest BCUT2D eigenvalue weighted by Gasteiger charge is -2.35. The molecule has 9 heteroatoms. The Morgan fingerprint density at radius 2 is 2.29 bits per heavy atom. The third kappa shape index (κ3) is 3.34. The van der Waals surface area contributed by atoms with Crippen molar-refractivity contribution in [3.8, 4) is 11.3 Å². The summed E-state index contributed by atoms with van der Waals surface area (Å²) in [5.74, 6) is 2.14. The molecule has 1 fully saturated rings. The number of aliphatic hydroxyl groups is 1. The van der Waals surface area contributed by atoms with Crippen LogP contribution in [-0.2, 0) is 18.4 Å². The lowest BCUT2D eigenvalue weighted by atomic mass is 10.0. The molecule has 0 radical (unpaired) electrons. The number of ether oxygens (including phenoxy) is 1. The fourth-order valence-corrected chi connectivity index (χ4v) is 3.63. The molecule has 3 aromatic heterocycles. The van der Waals surface area contributed by atoms with Crippen LogP contribution in [0.25, 0.3) is 11.3 Å². The van der Waals surface area contributed by atoms with E-state index in [1.807, 2.05) is 37.0 Å². The summed E-state index contributed by atoms with van der Waals surface area (Å²) in [6, 6.07) is 4.07. The third-order valence-electron chi connectivity index (χ3n) is 5.06. The number of morpholine rings is 1. The number of H-pyrrole nitrogens is 1. The quantitative estimate of drug-likeness (QED) is 0.619. The molecule has 28 heavy (non-hydrogen) atoms. The van der Waals surface area contributed by atoms with Gasteiger partial charge in [-0.15, -0.1) is 0 Å². The zero-order valence-electron chi connectivity index (χ0n) is 16.3. The van der Waals surface area contributed by atoms with Gasteiger partial charge in [-0.2, -0.15) is 10.2 Å². The molecule has 9 nitrogen and oxygen atoms in total. The second-order valence-electron chi connectivity index (χ2n) is 7.03. The van der Waals surface area contributed by atoms with E-state index < -0.39 is 0 Å². The van der Waals surface area contributed by atoms with E-state index in [-0.39, 0.29) is 12.6 Å². The van der Waals surface area contributed by atoms with Crippen molar-refractivity contribution in [3.63, 3.8) is 0 Å². The van der Waals surface area contributed by atoms with Gasteiger partial charge in [-0.1, -0.05) is 0 Å². The highest BCUT2D eigenvalue weighted by atomic mass is 16.5. The van der Waals surface area contributed by atoms with E-state index >= 15 is 0 Å². The summed E-state index contributed by atoms with van der Waals surface area (Å²) in [6.07, 6.45) is 3.50. The van der Waals surface area contributed by atoms with Crippen molar-refractivity contribution in [2.45, 2.75) is 26.5 Å². The molecule has 0 saturated carbocycles. The summed E-state index contributed by atoms with van der Waals surface area (Å²) in [5.41, 5.74) is 3.62. The van der Waals surface area contributed by atoms with Gasteiger partial charge >= 0.3 is 0 Å². The summed E-state index contributed by atoms with van der Waals surface area (Å²) in [5, 5.41) is 24.7. The van der Waals surface area contributed by atoms with E-state index in [4.69, 9.17) is 9.72 Å². The van der Waals surface area contributed by atoms with Gasteiger partial charge in [-0.25, -0.2) is 4.98 Å². The largest absolute Gasteiger partial charge is 0.392 e. The minimum atomic E-state index is -0.150. The molecule has 148 valence electrons. The van der Waals surface area contributed by atoms with Crippen LogP contribution in [0.4, 0.5) is 17.5 Å². The molecular weight excluding hydrogens is 358 g/mol. The zero-order valence-corrected chi connectivity index (χ0v) is 16.3. The minimum Gasteiger partial charge on any atom is -0.392 e. The van der Waals surface area contributed by atoms with Crippen LogP contribution < -0.4 is 10.2 Å². The van der Waals surface area contributed by atoms with Crippen LogP contribution in [0.1, 0.15) is 18.1 Å². The summed E-state index contributed by atoms with van der Waals surface area (Å²) in [4.78, 5) is 7.08. The molecule has 3 N–H and O–H groups in total. The number of aromatic nitrogens is 5. The van der Waals surface area contributed by atoms with Crippen molar-refractivity contribution in [3.05, 3.63) is 35.7 Å². The lowest BCUT2D eigenvalue weighted by Crippen LogP contribution is -2.44. The summed E-state index contributed by atoms with van der Waals surface area (Å²) >= 11 is 0. The molecule has 1 atom stereocenters. The van der Waals surface area contributed by atoms with Gasteiger partial charge < -0.3 is 20.1 Å². The molecule has 4 heterocycles. The molecule has 4 rings (SSSR count). The lowest BCUT2D eigenvalue weighted by molar-refractivity contribution is 0.0985. The Labute approximate surface area is 163 Å². The van der Waals surface area contributed by atoms with Crippen LogP contribution in [-0.4, -0.2) is 55.9 Å². The van der Waals surface area contributed by atoms with Crippen LogP contribution >= 0.6 is 0 Å². The maximum atomic E-state index is 10.2. The zero-order chi connectivity index (χ0) is 19.7. The van der Waals surface area contributed by atoms with Crippen molar-refractivity contribution < 1.29 is 9.84 Å². The highest BCUT2D eigenvalue weighted by Crippen LogP contribution is 2.35. The molecule has 1 unspecified atom stereocenters. The van der Waals surface area contributed by atoms with E-state index in [2.05, 4.69) is 32.4 Å². The van der Waals surface area contributed by atoms with E-state index in [0.717, 1.165) is 29.2 Å². The number of hydrogen-bond donors (Lipinski definition) is 3. The summed E-state index contributed by atoms with van der Waals surface area (Å²) in [7, 11) is 1.91. The smallest absolute Gasteiger partial charge is 0.140 e. The van der Waals surface area contributed by atoms with Gasteiger partial charge in [0.2, 0.25) is 0 Å². The second-order valence-corrected chi connectivity index (χ2v) is 7.03. The first-order chi connectivity index (χ1) is 13.6. The third-order valence-corrected chi connectivity index (χ3v) is 5.06. The first-order valence-corrected chi connectivity index (χ1v) is 9.33. The van der Waals surface area contributed by atoms with Crippen molar-refractivity contribution >= 4 is 17.5 Å².